The number of carbonyl (C=O) groups is 1. The fourth-order valence-electron chi connectivity index (χ4n) is 2.60. The minimum absolute atomic E-state index is 0.0383. The van der Waals surface area contributed by atoms with Gasteiger partial charge in [0.05, 0.1) is 17.5 Å². The summed E-state index contributed by atoms with van der Waals surface area (Å²) in [5, 5.41) is 8.96. The van der Waals surface area contributed by atoms with Crippen molar-refractivity contribution < 1.29 is 9.53 Å². The molecule has 2 rings (SSSR count). The van der Waals surface area contributed by atoms with Gasteiger partial charge in [-0.3, -0.25) is 4.79 Å². The molecule has 1 saturated heterocycles. The highest BCUT2D eigenvalue weighted by Gasteiger charge is 2.47. The van der Waals surface area contributed by atoms with Crippen molar-refractivity contribution in [2.45, 2.75) is 26.9 Å². The second kappa shape index (κ2) is 5.98. The molecule has 1 aromatic carbocycles. The third-order valence-corrected chi connectivity index (χ3v) is 4.27. The molecule has 1 fully saturated rings. The minimum Gasteiger partial charge on any atom is -0.480 e. The van der Waals surface area contributed by atoms with Gasteiger partial charge in [0, 0.05) is 12.0 Å². The van der Waals surface area contributed by atoms with Gasteiger partial charge in [-0.2, -0.15) is 5.26 Å². The number of carbonyl (C=O) groups excluding carboxylic acids is 1. The molecule has 21 heavy (non-hydrogen) atoms. The Labute approximate surface area is 130 Å². The fourth-order valence-corrected chi connectivity index (χ4v) is 3.13. The van der Waals surface area contributed by atoms with Gasteiger partial charge in [0.2, 0.25) is 0 Å². The number of nitrogens with zero attached hydrogens (tertiary/aromatic N) is 2. The molecule has 0 spiro atoms. The van der Waals surface area contributed by atoms with Gasteiger partial charge in [0.15, 0.2) is 6.10 Å². The van der Waals surface area contributed by atoms with Crippen LogP contribution in [-0.4, -0.2) is 35.6 Å². The monoisotopic (exact) mass is 304 g/mol. The number of amides is 1. The minimum atomic E-state index is -0.475. The summed E-state index contributed by atoms with van der Waals surface area (Å²) in [4.78, 5) is 14.3. The standard InChI is InChI=1S/C16H20N2O2S/c1-11-7-13(6-5-12(11)8-17)20-14-15(19)18(10-21-4)9-16(14,2)3/h5-7,14H,9-10H2,1-4H3. The lowest BCUT2D eigenvalue weighted by Gasteiger charge is -2.24. The Morgan fingerprint density at radius 1 is 1.52 bits per heavy atom. The molecule has 0 bridgehead atoms. The van der Waals surface area contributed by atoms with Crippen LogP contribution in [0.15, 0.2) is 18.2 Å². The van der Waals surface area contributed by atoms with E-state index in [2.05, 4.69) is 6.07 Å². The zero-order valence-corrected chi connectivity index (χ0v) is 13.7. The zero-order valence-electron chi connectivity index (χ0n) is 12.8. The van der Waals surface area contributed by atoms with Gasteiger partial charge >= 0.3 is 0 Å². The van der Waals surface area contributed by atoms with Gasteiger partial charge in [0.25, 0.3) is 5.91 Å². The average Bonchev–Trinajstić information content (AvgIpc) is 2.63. The summed E-state index contributed by atoms with van der Waals surface area (Å²) in [5.74, 6) is 1.37. The highest BCUT2D eigenvalue weighted by molar-refractivity contribution is 7.98. The second-order valence-corrected chi connectivity index (χ2v) is 6.86. The Hall–Kier alpha value is -1.67. The quantitative estimate of drug-likeness (QED) is 0.858. The molecule has 112 valence electrons. The SMILES string of the molecule is CSCN1CC(C)(C)C(Oc2ccc(C#N)c(C)c2)C1=O. The summed E-state index contributed by atoms with van der Waals surface area (Å²) in [6.07, 6.45) is 1.51. The molecule has 1 aromatic rings. The molecule has 1 aliphatic heterocycles. The number of rotatable bonds is 4. The molecule has 1 aliphatic rings. The van der Waals surface area contributed by atoms with E-state index in [1.165, 1.54) is 0 Å². The number of aryl methyl sites for hydroxylation is 1. The molecule has 0 aliphatic carbocycles. The van der Waals surface area contributed by atoms with Crippen molar-refractivity contribution in [3.63, 3.8) is 0 Å². The normalized spacial score (nSPS) is 20.4. The van der Waals surface area contributed by atoms with Crippen LogP contribution in [0.4, 0.5) is 0 Å². The number of likely N-dealkylation sites (tertiary alicyclic amines) is 1. The highest BCUT2D eigenvalue weighted by Crippen LogP contribution is 2.34. The summed E-state index contributed by atoms with van der Waals surface area (Å²) in [5.41, 5.74) is 1.26. The van der Waals surface area contributed by atoms with E-state index < -0.39 is 6.10 Å². The number of ether oxygens (including phenoxy) is 1. The molecule has 4 nitrogen and oxygen atoms in total. The van der Waals surface area contributed by atoms with Crippen LogP contribution in [0.3, 0.4) is 0 Å². The molecule has 0 radical (unpaired) electrons. The lowest BCUT2D eigenvalue weighted by Crippen LogP contribution is -2.36. The smallest absolute Gasteiger partial charge is 0.264 e. The lowest BCUT2D eigenvalue weighted by molar-refractivity contribution is -0.133. The fraction of sp³-hybridized carbons (Fsp3) is 0.500. The van der Waals surface area contributed by atoms with Crippen LogP contribution in [-0.2, 0) is 4.79 Å². The number of thioether (sulfide) groups is 1. The summed E-state index contributed by atoms with van der Waals surface area (Å²) in [6, 6.07) is 7.44. The molecule has 1 amide bonds. The van der Waals surface area contributed by atoms with Crippen LogP contribution < -0.4 is 4.74 Å². The van der Waals surface area contributed by atoms with Gasteiger partial charge < -0.3 is 9.64 Å². The number of benzene rings is 1. The van der Waals surface area contributed by atoms with Crippen molar-refractivity contribution in [3.05, 3.63) is 29.3 Å². The highest BCUT2D eigenvalue weighted by atomic mass is 32.2. The zero-order chi connectivity index (χ0) is 15.6. The van der Waals surface area contributed by atoms with Crippen LogP contribution in [0, 0.1) is 23.7 Å². The number of hydrogen-bond donors (Lipinski definition) is 0. The van der Waals surface area contributed by atoms with Gasteiger partial charge in [-0.25, -0.2) is 0 Å². The van der Waals surface area contributed by atoms with E-state index in [1.54, 1.807) is 23.9 Å². The first-order valence-electron chi connectivity index (χ1n) is 6.84. The van der Waals surface area contributed by atoms with Crippen LogP contribution in [0.25, 0.3) is 0 Å². The first kappa shape index (κ1) is 15.7. The maximum atomic E-state index is 12.5. The summed E-state index contributed by atoms with van der Waals surface area (Å²) >= 11 is 1.63. The molecule has 5 heteroatoms. The first-order chi connectivity index (χ1) is 9.89. The largest absolute Gasteiger partial charge is 0.480 e. The molecular weight excluding hydrogens is 284 g/mol. The van der Waals surface area contributed by atoms with E-state index >= 15 is 0 Å². The van der Waals surface area contributed by atoms with Crippen molar-refractivity contribution in [2.24, 2.45) is 5.41 Å². The Morgan fingerprint density at radius 3 is 2.81 bits per heavy atom. The van der Waals surface area contributed by atoms with Crippen molar-refractivity contribution in [2.75, 3.05) is 18.7 Å². The average molecular weight is 304 g/mol. The molecule has 1 unspecified atom stereocenters. The van der Waals surface area contributed by atoms with E-state index in [9.17, 15) is 4.79 Å². The van der Waals surface area contributed by atoms with Gasteiger partial charge in [0.1, 0.15) is 5.75 Å². The van der Waals surface area contributed by atoms with E-state index in [0.717, 1.165) is 5.56 Å². The van der Waals surface area contributed by atoms with E-state index in [0.29, 0.717) is 23.7 Å². The van der Waals surface area contributed by atoms with Crippen LogP contribution in [0.1, 0.15) is 25.0 Å². The van der Waals surface area contributed by atoms with Gasteiger partial charge in [-0.1, -0.05) is 13.8 Å². The summed E-state index contributed by atoms with van der Waals surface area (Å²) in [7, 11) is 0. The summed E-state index contributed by atoms with van der Waals surface area (Å²) in [6.45, 7) is 6.67. The Kier molecular flexibility index (Phi) is 4.48. The van der Waals surface area contributed by atoms with Crippen molar-refractivity contribution >= 4 is 17.7 Å². The first-order valence-corrected chi connectivity index (χ1v) is 8.23. The lowest BCUT2D eigenvalue weighted by atomic mass is 9.89. The molecule has 1 atom stereocenters. The molecule has 1 heterocycles. The Balaban J connectivity index is 2.20. The topological polar surface area (TPSA) is 53.3 Å². The maximum Gasteiger partial charge on any atom is 0.264 e. The van der Waals surface area contributed by atoms with Crippen LogP contribution >= 0.6 is 11.8 Å². The molecule has 0 N–H and O–H groups in total. The number of nitriles is 1. The third-order valence-electron chi connectivity index (χ3n) is 3.70. The summed E-state index contributed by atoms with van der Waals surface area (Å²) < 4.78 is 5.95. The molecular formula is C16H20N2O2S. The van der Waals surface area contributed by atoms with Gasteiger partial charge in [-0.15, -0.1) is 11.8 Å². The van der Waals surface area contributed by atoms with Gasteiger partial charge in [-0.05, 0) is 36.9 Å². The van der Waals surface area contributed by atoms with Crippen LogP contribution in [0.2, 0.25) is 0 Å². The predicted octanol–water partition coefficient (Wildman–Crippen LogP) is 2.80. The molecule has 0 saturated carbocycles. The molecule has 0 aromatic heterocycles. The maximum absolute atomic E-state index is 12.5. The Morgan fingerprint density at radius 2 is 2.24 bits per heavy atom. The van der Waals surface area contributed by atoms with Crippen LogP contribution in [0.5, 0.6) is 5.75 Å². The van der Waals surface area contributed by atoms with Crippen molar-refractivity contribution in [1.29, 1.82) is 5.26 Å². The Bertz CT molecular complexity index is 592. The predicted molar refractivity (Wildman–Crippen MR) is 84.2 cm³/mol. The third kappa shape index (κ3) is 3.16. The van der Waals surface area contributed by atoms with Crippen molar-refractivity contribution in [1.82, 2.24) is 4.90 Å². The second-order valence-electron chi connectivity index (χ2n) is 6.03. The number of hydrogen-bond acceptors (Lipinski definition) is 4. The van der Waals surface area contributed by atoms with E-state index in [4.69, 9.17) is 10.00 Å². The van der Waals surface area contributed by atoms with E-state index in [1.807, 2.05) is 38.0 Å². The van der Waals surface area contributed by atoms with Crippen molar-refractivity contribution in [3.8, 4) is 11.8 Å². The van der Waals surface area contributed by atoms with E-state index in [-0.39, 0.29) is 11.3 Å².